The first-order chi connectivity index (χ1) is 6.91. The van der Waals surface area contributed by atoms with Crippen LogP contribution in [0.15, 0.2) is 0 Å². The molecule has 0 unspecified atom stereocenters. The van der Waals surface area contributed by atoms with Gasteiger partial charge in [-0.15, -0.1) is 11.3 Å². The van der Waals surface area contributed by atoms with E-state index in [0.29, 0.717) is 29.8 Å². The van der Waals surface area contributed by atoms with E-state index in [2.05, 4.69) is 0 Å². The van der Waals surface area contributed by atoms with E-state index < -0.39 is 11.5 Å². The molecule has 0 spiro atoms. The molecule has 1 aliphatic rings. The molecule has 1 atom stereocenters. The molecule has 1 aliphatic carbocycles. The van der Waals surface area contributed by atoms with Crippen LogP contribution in [-0.2, 0) is 12.8 Å². The molecular formula is C10H14N2O2S. The first-order valence-electron chi connectivity index (χ1n) is 4.83. The summed E-state index contributed by atoms with van der Waals surface area (Å²) in [6, 6.07) is 0. The van der Waals surface area contributed by atoms with Crippen LogP contribution < -0.4 is 11.5 Å². The molecule has 0 bridgehead atoms. The molecule has 0 radical (unpaired) electrons. The average molecular weight is 226 g/mol. The minimum absolute atomic E-state index is 0.463. The predicted octanol–water partition coefficient (Wildman–Crippen LogP) is 0.669. The molecule has 5 N–H and O–H groups in total. The number of nitrogen functional groups attached to an aromatic ring is 1. The lowest BCUT2D eigenvalue weighted by Crippen LogP contribution is -2.32. The minimum Gasteiger partial charge on any atom is -0.390 e. The largest absolute Gasteiger partial charge is 0.390 e. The van der Waals surface area contributed by atoms with Gasteiger partial charge in [0.25, 0.3) is 5.91 Å². The van der Waals surface area contributed by atoms with Crippen LogP contribution >= 0.6 is 11.3 Å². The first-order valence-corrected chi connectivity index (χ1v) is 5.64. The Labute approximate surface area is 91.9 Å². The summed E-state index contributed by atoms with van der Waals surface area (Å²) >= 11 is 1.36. The Morgan fingerprint density at radius 3 is 2.87 bits per heavy atom. The third-order valence-corrected chi connectivity index (χ3v) is 3.88. The Kier molecular flexibility index (Phi) is 2.24. The van der Waals surface area contributed by atoms with Crippen LogP contribution in [-0.4, -0.2) is 16.6 Å². The van der Waals surface area contributed by atoms with Gasteiger partial charge in [-0.25, -0.2) is 0 Å². The van der Waals surface area contributed by atoms with Crippen LogP contribution in [0, 0.1) is 0 Å². The smallest absolute Gasteiger partial charge is 0.251 e. The minimum atomic E-state index is -0.681. The van der Waals surface area contributed by atoms with Gasteiger partial charge in [0.1, 0.15) is 0 Å². The number of nitrogens with two attached hydrogens (primary N) is 2. The van der Waals surface area contributed by atoms with E-state index >= 15 is 0 Å². The molecular weight excluding hydrogens is 212 g/mol. The number of hydrogen-bond donors (Lipinski definition) is 3. The number of hydrogen-bond acceptors (Lipinski definition) is 4. The highest BCUT2D eigenvalue weighted by atomic mass is 32.1. The van der Waals surface area contributed by atoms with Gasteiger partial charge in [-0.1, -0.05) is 0 Å². The van der Waals surface area contributed by atoms with Gasteiger partial charge in [0.15, 0.2) is 0 Å². The Morgan fingerprint density at radius 2 is 2.27 bits per heavy atom. The Morgan fingerprint density at radius 1 is 1.60 bits per heavy atom. The van der Waals surface area contributed by atoms with E-state index in [1.54, 1.807) is 6.92 Å². The standard InChI is InChI=1S/C10H14N2O2S/c1-10(14)3-2-5-6(4-10)15-9(12)7(5)8(11)13/h14H,2-4,12H2,1H3,(H2,11,13)/t10-/m1/s1. The number of rotatable bonds is 1. The summed E-state index contributed by atoms with van der Waals surface area (Å²) in [7, 11) is 0. The second-order valence-corrected chi connectivity index (χ2v) is 5.42. The van der Waals surface area contributed by atoms with E-state index in [4.69, 9.17) is 11.5 Å². The molecule has 5 heteroatoms. The Bertz CT molecular complexity index is 423. The fourth-order valence-electron chi connectivity index (χ4n) is 2.04. The summed E-state index contributed by atoms with van der Waals surface area (Å²) in [5, 5.41) is 10.4. The van der Waals surface area contributed by atoms with E-state index in [1.807, 2.05) is 0 Å². The zero-order valence-electron chi connectivity index (χ0n) is 8.54. The summed E-state index contributed by atoms with van der Waals surface area (Å²) in [6.07, 6.45) is 1.88. The van der Waals surface area contributed by atoms with E-state index in [0.717, 1.165) is 10.4 Å². The highest BCUT2D eigenvalue weighted by Crippen LogP contribution is 2.38. The van der Waals surface area contributed by atoms with Crippen molar-refractivity contribution in [2.75, 3.05) is 5.73 Å². The molecule has 1 aromatic rings. The van der Waals surface area contributed by atoms with Crippen LogP contribution in [0.1, 0.15) is 34.1 Å². The maximum atomic E-state index is 11.2. The zero-order valence-corrected chi connectivity index (χ0v) is 9.36. The molecule has 4 nitrogen and oxygen atoms in total. The lowest BCUT2D eigenvalue weighted by molar-refractivity contribution is 0.0468. The fraction of sp³-hybridized carbons (Fsp3) is 0.500. The molecule has 0 saturated carbocycles. The van der Waals surface area contributed by atoms with Crippen molar-refractivity contribution in [1.82, 2.24) is 0 Å². The van der Waals surface area contributed by atoms with Crippen molar-refractivity contribution in [3.8, 4) is 0 Å². The molecule has 15 heavy (non-hydrogen) atoms. The van der Waals surface area contributed by atoms with Crippen LogP contribution in [0.5, 0.6) is 0 Å². The quantitative estimate of drug-likeness (QED) is 0.657. The van der Waals surface area contributed by atoms with Crippen molar-refractivity contribution < 1.29 is 9.90 Å². The lowest BCUT2D eigenvalue weighted by Gasteiger charge is -2.27. The van der Waals surface area contributed by atoms with Gasteiger partial charge in [0.05, 0.1) is 16.2 Å². The van der Waals surface area contributed by atoms with E-state index in [-0.39, 0.29) is 0 Å². The summed E-state index contributed by atoms with van der Waals surface area (Å²) in [4.78, 5) is 12.2. The molecule has 0 aromatic carbocycles. The third-order valence-electron chi connectivity index (χ3n) is 2.82. The molecule has 2 rings (SSSR count). The number of thiophene rings is 1. The van der Waals surface area contributed by atoms with Gasteiger partial charge in [-0.3, -0.25) is 4.79 Å². The summed E-state index contributed by atoms with van der Waals surface area (Å²) in [5.74, 6) is -0.466. The number of primary amides is 1. The first kappa shape index (κ1) is 10.4. The number of aliphatic hydroxyl groups is 1. The molecule has 0 saturated heterocycles. The monoisotopic (exact) mass is 226 g/mol. The molecule has 0 fully saturated rings. The number of carbonyl (C=O) groups excluding carboxylic acids is 1. The number of fused-ring (bicyclic) bond motifs is 1. The van der Waals surface area contributed by atoms with Crippen molar-refractivity contribution in [3.05, 3.63) is 16.0 Å². The fourth-order valence-corrected chi connectivity index (χ4v) is 3.34. The molecule has 0 aliphatic heterocycles. The van der Waals surface area contributed by atoms with Crippen molar-refractivity contribution in [2.45, 2.75) is 31.8 Å². The van der Waals surface area contributed by atoms with Gasteiger partial charge in [-0.05, 0) is 25.3 Å². The van der Waals surface area contributed by atoms with E-state index in [1.165, 1.54) is 11.3 Å². The predicted molar refractivity (Wildman–Crippen MR) is 59.9 cm³/mol. The highest BCUT2D eigenvalue weighted by Gasteiger charge is 2.32. The highest BCUT2D eigenvalue weighted by molar-refractivity contribution is 7.16. The summed E-state index contributed by atoms with van der Waals surface area (Å²) in [5.41, 5.74) is 11.7. The number of amides is 1. The molecule has 1 heterocycles. The normalized spacial score (nSPS) is 24.9. The molecule has 82 valence electrons. The Hall–Kier alpha value is -1.07. The summed E-state index contributed by atoms with van der Waals surface area (Å²) < 4.78 is 0. The van der Waals surface area contributed by atoms with E-state index in [9.17, 15) is 9.90 Å². The zero-order chi connectivity index (χ0) is 11.2. The van der Waals surface area contributed by atoms with Gasteiger partial charge < -0.3 is 16.6 Å². The van der Waals surface area contributed by atoms with Crippen molar-refractivity contribution >= 4 is 22.2 Å². The maximum absolute atomic E-state index is 11.2. The topological polar surface area (TPSA) is 89.3 Å². The van der Waals surface area contributed by atoms with Gasteiger partial charge >= 0.3 is 0 Å². The lowest BCUT2D eigenvalue weighted by atomic mass is 9.85. The maximum Gasteiger partial charge on any atom is 0.251 e. The summed E-state index contributed by atoms with van der Waals surface area (Å²) in [6.45, 7) is 1.80. The van der Waals surface area contributed by atoms with Crippen LogP contribution in [0.2, 0.25) is 0 Å². The second-order valence-electron chi connectivity index (χ2n) is 4.28. The Balaban J connectivity index is 2.48. The van der Waals surface area contributed by atoms with Crippen molar-refractivity contribution in [1.29, 1.82) is 0 Å². The van der Waals surface area contributed by atoms with Crippen LogP contribution in [0.4, 0.5) is 5.00 Å². The number of carbonyl (C=O) groups is 1. The molecule has 1 amide bonds. The van der Waals surface area contributed by atoms with Gasteiger partial charge in [-0.2, -0.15) is 0 Å². The van der Waals surface area contributed by atoms with Crippen LogP contribution in [0.25, 0.3) is 0 Å². The van der Waals surface area contributed by atoms with Crippen molar-refractivity contribution in [3.63, 3.8) is 0 Å². The number of anilines is 1. The second kappa shape index (κ2) is 3.21. The third kappa shape index (κ3) is 1.72. The van der Waals surface area contributed by atoms with Crippen molar-refractivity contribution in [2.24, 2.45) is 5.73 Å². The average Bonchev–Trinajstić information content (AvgIpc) is 2.37. The van der Waals surface area contributed by atoms with Gasteiger partial charge in [0.2, 0.25) is 0 Å². The molecule has 1 aromatic heterocycles. The van der Waals surface area contributed by atoms with Crippen LogP contribution in [0.3, 0.4) is 0 Å². The SMILES string of the molecule is C[C@@]1(O)CCc2c(sc(N)c2C(N)=O)C1. The van der Waals surface area contributed by atoms with Gasteiger partial charge in [0, 0.05) is 11.3 Å².